The molecule has 8 nitrogen and oxygen atoms in total. The van der Waals surface area contributed by atoms with Crippen molar-refractivity contribution in [1.29, 1.82) is 0 Å². The van der Waals surface area contributed by atoms with Gasteiger partial charge in [-0.3, -0.25) is 9.78 Å². The highest BCUT2D eigenvalue weighted by Gasteiger charge is 2.33. The number of hydrogen-bond acceptors (Lipinski definition) is 7. The van der Waals surface area contributed by atoms with Gasteiger partial charge in [0.15, 0.2) is 20.8 Å². The average molecular weight is 396 g/mol. The summed E-state index contributed by atoms with van der Waals surface area (Å²) in [6, 6.07) is 3.51. The van der Waals surface area contributed by atoms with Gasteiger partial charge < -0.3 is 9.47 Å². The first kappa shape index (κ1) is 18.8. The topological polar surface area (TPSA) is 98.1 Å². The molecular formula is C16H21N5O3S2. The molecule has 1 saturated heterocycles. The van der Waals surface area contributed by atoms with Crippen LogP contribution in [0.25, 0.3) is 11.4 Å². The molecule has 140 valence electrons. The van der Waals surface area contributed by atoms with Crippen molar-refractivity contribution in [2.45, 2.75) is 24.5 Å². The standard InChI is InChI=1S/C16H21N5O3S2/c1-3-21(13-6-8-26(23,24)11-13)14(22)10-25-16-19-18-15(20(16)2)12-5-4-7-17-9-12/h4-5,7,9,13H,3,6,8,10-11H2,1-2H3. The maximum Gasteiger partial charge on any atom is 0.233 e. The summed E-state index contributed by atoms with van der Waals surface area (Å²) in [5.41, 5.74) is 0.854. The largest absolute Gasteiger partial charge is 0.338 e. The third-order valence-corrected chi connectivity index (χ3v) is 7.14. The van der Waals surface area contributed by atoms with Crippen LogP contribution in [0.1, 0.15) is 13.3 Å². The van der Waals surface area contributed by atoms with Crippen molar-refractivity contribution in [3.05, 3.63) is 24.5 Å². The molecule has 10 heteroatoms. The van der Waals surface area contributed by atoms with Crippen molar-refractivity contribution in [3.63, 3.8) is 0 Å². The fourth-order valence-electron chi connectivity index (χ4n) is 3.06. The second-order valence-corrected chi connectivity index (χ2v) is 9.30. The van der Waals surface area contributed by atoms with E-state index in [0.29, 0.717) is 23.9 Å². The minimum Gasteiger partial charge on any atom is -0.338 e. The lowest BCUT2D eigenvalue weighted by atomic mass is 10.2. The van der Waals surface area contributed by atoms with Crippen LogP contribution in [0.5, 0.6) is 0 Å². The Bertz CT molecular complexity index is 883. The van der Waals surface area contributed by atoms with Gasteiger partial charge in [-0.05, 0) is 25.5 Å². The molecule has 1 amide bonds. The van der Waals surface area contributed by atoms with Crippen molar-refractivity contribution in [3.8, 4) is 11.4 Å². The van der Waals surface area contributed by atoms with Gasteiger partial charge in [-0.15, -0.1) is 10.2 Å². The van der Waals surface area contributed by atoms with Gasteiger partial charge in [-0.2, -0.15) is 0 Å². The van der Waals surface area contributed by atoms with Crippen LogP contribution >= 0.6 is 11.8 Å². The molecule has 1 atom stereocenters. The van der Waals surface area contributed by atoms with Gasteiger partial charge in [0.25, 0.3) is 0 Å². The predicted molar refractivity (Wildman–Crippen MR) is 99.4 cm³/mol. The lowest BCUT2D eigenvalue weighted by molar-refractivity contribution is -0.129. The third-order valence-electron chi connectivity index (χ3n) is 4.39. The van der Waals surface area contributed by atoms with E-state index in [0.717, 1.165) is 5.56 Å². The number of carbonyl (C=O) groups excluding carboxylic acids is 1. The van der Waals surface area contributed by atoms with Crippen molar-refractivity contribution >= 4 is 27.5 Å². The molecule has 0 aliphatic carbocycles. The molecule has 1 fully saturated rings. The van der Waals surface area contributed by atoms with Crippen LogP contribution in [-0.4, -0.2) is 68.8 Å². The maximum atomic E-state index is 12.6. The minimum atomic E-state index is -3.02. The first-order valence-corrected chi connectivity index (χ1v) is 11.1. The van der Waals surface area contributed by atoms with E-state index in [9.17, 15) is 13.2 Å². The van der Waals surface area contributed by atoms with E-state index in [2.05, 4.69) is 15.2 Å². The molecule has 0 N–H and O–H groups in total. The molecule has 0 saturated carbocycles. The number of hydrogen-bond donors (Lipinski definition) is 0. The highest BCUT2D eigenvalue weighted by molar-refractivity contribution is 7.99. The van der Waals surface area contributed by atoms with Gasteiger partial charge in [0, 0.05) is 37.6 Å². The summed E-state index contributed by atoms with van der Waals surface area (Å²) in [7, 11) is -1.17. The second kappa shape index (κ2) is 7.75. The van der Waals surface area contributed by atoms with E-state index in [1.54, 1.807) is 17.3 Å². The van der Waals surface area contributed by atoms with Crippen molar-refractivity contribution in [1.82, 2.24) is 24.6 Å². The van der Waals surface area contributed by atoms with E-state index < -0.39 is 9.84 Å². The quantitative estimate of drug-likeness (QED) is 0.673. The SMILES string of the molecule is CCN(C(=O)CSc1nnc(-c2cccnc2)n1C)C1CCS(=O)(=O)C1. The Balaban J connectivity index is 1.65. The number of thioether (sulfide) groups is 1. The van der Waals surface area contributed by atoms with Crippen molar-refractivity contribution < 1.29 is 13.2 Å². The number of amides is 1. The van der Waals surface area contributed by atoms with Crippen LogP contribution < -0.4 is 0 Å². The number of rotatable bonds is 6. The van der Waals surface area contributed by atoms with Crippen LogP contribution in [0.4, 0.5) is 0 Å². The second-order valence-electron chi connectivity index (χ2n) is 6.13. The molecule has 0 aromatic carbocycles. The number of sulfone groups is 1. The van der Waals surface area contributed by atoms with E-state index in [1.165, 1.54) is 11.8 Å². The Hall–Kier alpha value is -1.94. The highest BCUT2D eigenvalue weighted by Crippen LogP contribution is 2.23. The fourth-order valence-corrected chi connectivity index (χ4v) is 5.58. The van der Waals surface area contributed by atoms with Crippen LogP contribution in [-0.2, 0) is 21.7 Å². The Kier molecular flexibility index (Phi) is 5.61. The molecular weight excluding hydrogens is 374 g/mol. The molecule has 2 aromatic rings. The molecule has 1 aliphatic rings. The Morgan fingerprint density at radius 2 is 2.23 bits per heavy atom. The first-order valence-electron chi connectivity index (χ1n) is 8.33. The summed E-state index contributed by atoms with van der Waals surface area (Å²) in [5.74, 6) is 1.02. The maximum absolute atomic E-state index is 12.6. The molecule has 26 heavy (non-hydrogen) atoms. The number of nitrogens with zero attached hydrogens (tertiary/aromatic N) is 5. The van der Waals surface area contributed by atoms with Crippen LogP contribution in [0.3, 0.4) is 0 Å². The smallest absolute Gasteiger partial charge is 0.233 e. The van der Waals surface area contributed by atoms with E-state index in [4.69, 9.17) is 0 Å². The first-order chi connectivity index (χ1) is 12.4. The summed E-state index contributed by atoms with van der Waals surface area (Å²) >= 11 is 1.30. The van der Waals surface area contributed by atoms with E-state index in [1.807, 2.05) is 30.7 Å². The summed E-state index contributed by atoms with van der Waals surface area (Å²) in [5, 5.41) is 8.96. The Labute approximate surface area is 156 Å². The normalized spacial score (nSPS) is 18.8. The summed E-state index contributed by atoms with van der Waals surface area (Å²) in [6.45, 7) is 2.37. The zero-order valence-corrected chi connectivity index (χ0v) is 16.3. The minimum absolute atomic E-state index is 0.0619. The molecule has 0 bridgehead atoms. The molecule has 0 spiro atoms. The lowest BCUT2D eigenvalue weighted by Crippen LogP contribution is -2.42. The van der Waals surface area contributed by atoms with Gasteiger partial charge in [-0.1, -0.05) is 11.8 Å². The zero-order chi connectivity index (χ0) is 18.7. The van der Waals surface area contributed by atoms with Crippen LogP contribution in [0.2, 0.25) is 0 Å². The third kappa shape index (κ3) is 4.07. The predicted octanol–water partition coefficient (Wildman–Crippen LogP) is 1.00. The molecule has 2 aromatic heterocycles. The number of aromatic nitrogens is 4. The van der Waals surface area contributed by atoms with Crippen molar-refractivity contribution in [2.75, 3.05) is 23.8 Å². The molecule has 3 rings (SSSR count). The van der Waals surface area contributed by atoms with Gasteiger partial charge in [0.1, 0.15) is 0 Å². The number of carbonyl (C=O) groups is 1. The van der Waals surface area contributed by atoms with Crippen LogP contribution in [0, 0.1) is 0 Å². The Morgan fingerprint density at radius 1 is 1.42 bits per heavy atom. The summed E-state index contributed by atoms with van der Waals surface area (Å²) in [4.78, 5) is 18.3. The van der Waals surface area contributed by atoms with Gasteiger partial charge in [0.05, 0.1) is 17.3 Å². The molecule has 1 unspecified atom stereocenters. The van der Waals surface area contributed by atoms with Gasteiger partial charge in [0.2, 0.25) is 5.91 Å². The monoisotopic (exact) mass is 395 g/mol. The number of pyridine rings is 1. The summed E-state index contributed by atoms with van der Waals surface area (Å²) in [6.07, 6.45) is 3.92. The van der Waals surface area contributed by atoms with Crippen molar-refractivity contribution in [2.24, 2.45) is 7.05 Å². The fraction of sp³-hybridized carbons (Fsp3) is 0.500. The van der Waals surface area contributed by atoms with E-state index in [-0.39, 0.29) is 29.2 Å². The molecule has 1 aliphatic heterocycles. The van der Waals surface area contributed by atoms with Gasteiger partial charge >= 0.3 is 0 Å². The zero-order valence-electron chi connectivity index (χ0n) is 14.7. The Morgan fingerprint density at radius 3 is 2.85 bits per heavy atom. The van der Waals surface area contributed by atoms with E-state index >= 15 is 0 Å². The molecule has 3 heterocycles. The van der Waals surface area contributed by atoms with Gasteiger partial charge in [-0.25, -0.2) is 8.42 Å². The molecule has 0 radical (unpaired) electrons. The average Bonchev–Trinajstić information content (AvgIpc) is 3.17. The van der Waals surface area contributed by atoms with Crippen LogP contribution in [0.15, 0.2) is 29.7 Å². The lowest BCUT2D eigenvalue weighted by Gasteiger charge is -2.26. The highest BCUT2D eigenvalue weighted by atomic mass is 32.2. The summed E-state index contributed by atoms with van der Waals surface area (Å²) < 4.78 is 25.2.